The minimum absolute atomic E-state index is 0.149. The Kier molecular flexibility index (Phi) is 8.02. The van der Waals surface area contributed by atoms with Crippen LogP contribution in [0.3, 0.4) is 0 Å². The molecule has 0 spiro atoms. The highest BCUT2D eigenvalue weighted by Crippen LogP contribution is 2.52. The van der Waals surface area contributed by atoms with E-state index in [9.17, 15) is 0 Å². The van der Waals surface area contributed by atoms with Crippen molar-refractivity contribution in [1.29, 1.82) is 0 Å². The predicted octanol–water partition coefficient (Wildman–Crippen LogP) is 17.2. The zero-order valence-electron chi connectivity index (χ0n) is 35.8. The van der Waals surface area contributed by atoms with Crippen molar-refractivity contribution in [2.75, 3.05) is 0 Å². The molecule has 0 aliphatic heterocycles. The molecule has 1 nitrogen and oxygen atoms in total. The summed E-state index contributed by atoms with van der Waals surface area (Å²) < 4.78 is 2.57. The van der Waals surface area contributed by atoms with Crippen LogP contribution in [0.4, 0.5) is 0 Å². The third-order valence-corrected chi connectivity index (χ3v) is 14.1. The molecule has 1 aliphatic rings. The van der Waals surface area contributed by atoms with Crippen molar-refractivity contribution in [2.45, 2.75) is 19.3 Å². The van der Waals surface area contributed by atoms with E-state index in [0.717, 1.165) is 5.69 Å². The van der Waals surface area contributed by atoms with Crippen molar-refractivity contribution in [3.8, 4) is 61.5 Å². The summed E-state index contributed by atoms with van der Waals surface area (Å²) in [5.41, 5.74) is 17.3. The smallest absolute Gasteiger partial charge is 0.0619 e. The highest BCUT2D eigenvalue weighted by molar-refractivity contribution is 6.25. The van der Waals surface area contributed by atoms with Crippen LogP contribution in [0.5, 0.6) is 0 Å². The molecule has 0 fully saturated rings. The van der Waals surface area contributed by atoms with Crippen molar-refractivity contribution in [3.05, 3.63) is 236 Å². The quantitative estimate of drug-likeness (QED) is 0.153. The van der Waals surface area contributed by atoms with Gasteiger partial charge in [-0.3, -0.25) is 0 Å². The second-order valence-electron chi connectivity index (χ2n) is 18.0. The molecular weight excluding hydrogens is 771 g/mol. The van der Waals surface area contributed by atoms with Crippen LogP contribution in [0.15, 0.2) is 224 Å². The summed E-state index contributed by atoms with van der Waals surface area (Å²) in [7, 11) is 0. The third-order valence-electron chi connectivity index (χ3n) is 14.1. The van der Waals surface area contributed by atoms with Gasteiger partial charge < -0.3 is 4.57 Å². The fourth-order valence-electron chi connectivity index (χ4n) is 11.1. The zero-order chi connectivity index (χ0) is 42.5. The van der Waals surface area contributed by atoms with Gasteiger partial charge in [0.25, 0.3) is 0 Å². The van der Waals surface area contributed by atoms with E-state index in [1.807, 2.05) is 0 Å². The number of aromatic nitrogens is 1. The van der Waals surface area contributed by atoms with Crippen molar-refractivity contribution < 1.29 is 0 Å². The Morgan fingerprint density at radius 1 is 0.312 bits per heavy atom. The van der Waals surface area contributed by atoms with Gasteiger partial charge in [0, 0.05) is 22.1 Å². The molecule has 0 unspecified atom stereocenters. The van der Waals surface area contributed by atoms with Crippen LogP contribution in [0.2, 0.25) is 0 Å². The van der Waals surface area contributed by atoms with Crippen LogP contribution in [0, 0.1) is 0 Å². The molecular formula is C63H43N. The molecule has 0 saturated heterocycles. The summed E-state index contributed by atoms with van der Waals surface area (Å²) in [6.07, 6.45) is 0. The van der Waals surface area contributed by atoms with Gasteiger partial charge in [-0.25, -0.2) is 0 Å². The summed E-state index contributed by atoms with van der Waals surface area (Å²) in [4.78, 5) is 0. The summed E-state index contributed by atoms with van der Waals surface area (Å²) in [5.74, 6) is 0. The Labute approximate surface area is 373 Å². The van der Waals surface area contributed by atoms with E-state index in [2.05, 4.69) is 243 Å². The average molecular weight is 814 g/mol. The Bertz CT molecular complexity index is 3850. The molecule has 300 valence electrons. The van der Waals surface area contributed by atoms with Gasteiger partial charge in [0.2, 0.25) is 0 Å². The normalized spacial score (nSPS) is 13.0. The van der Waals surface area contributed by atoms with Gasteiger partial charge in [0.15, 0.2) is 0 Å². The van der Waals surface area contributed by atoms with Gasteiger partial charge in [-0.15, -0.1) is 0 Å². The molecule has 1 heterocycles. The SMILES string of the molecule is CC1(C)c2ccccc2-c2ccc(-n3c(-c4ccccc4)c(-c4ccccc4)c4cc5c(-c6ccc7ccccc7c6)c6ccccc6c(-c6ccc7ccccc7c6)c5cc43)cc21. The van der Waals surface area contributed by atoms with Crippen molar-refractivity contribution in [1.82, 2.24) is 4.57 Å². The first-order valence-corrected chi connectivity index (χ1v) is 22.4. The Morgan fingerprint density at radius 2 is 0.828 bits per heavy atom. The molecule has 0 amide bonds. The standard InChI is InChI=1S/C63H43N/c1-63(2)56-28-16-15-25-49(56)50-34-33-48(37-57(50)63)64-58-39-54-53(38-55(58)61(42-19-5-3-6-20-42)62(64)43-21-7-4-8-22-43)59(46-31-29-40-17-9-11-23-44(40)35-46)51-26-13-14-27-52(51)60(54)47-32-30-41-18-10-12-24-45(41)36-47/h3-39H,1-2H3. The minimum atomic E-state index is -0.149. The molecule has 13 rings (SSSR count). The van der Waals surface area contributed by atoms with Crippen LogP contribution in [-0.4, -0.2) is 4.57 Å². The third kappa shape index (κ3) is 5.44. The van der Waals surface area contributed by atoms with Gasteiger partial charge in [0.1, 0.15) is 0 Å². The van der Waals surface area contributed by atoms with Crippen LogP contribution in [0.25, 0.3) is 115 Å². The van der Waals surface area contributed by atoms with Gasteiger partial charge >= 0.3 is 0 Å². The molecule has 64 heavy (non-hydrogen) atoms. The largest absolute Gasteiger partial charge is 0.309 e. The first kappa shape index (κ1) is 36.6. The van der Waals surface area contributed by atoms with E-state index in [0.29, 0.717) is 0 Å². The fourth-order valence-corrected chi connectivity index (χ4v) is 11.1. The highest BCUT2D eigenvalue weighted by Gasteiger charge is 2.36. The van der Waals surface area contributed by atoms with Gasteiger partial charge in [-0.05, 0) is 135 Å². The molecule has 1 heteroatoms. The Hall–Kier alpha value is -8.00. The first-order valence-electron chi connectivity index (χ1n) is 22.4. The minimum Gasteiger partial charge on any atom is -0.309 e. The highest BCUT2D eigenvalue weighted by atomic mass is 15.0. The van der Waals surface area contributed by atoms with Crippen LogP contribution in [0.1, 0.15) is 25.0 Å². The molecule has 1 aromatic heterocycles. The van der Waals surface area contributed by atoms with E-state index in [1.54, 1.807) is 0 Å². The van der Waals surface area contributed by atoms with E-state index >= 15 is 0 Å². The van der Waals surface area contributed by atoms with Crippen molar-refractivity contribution in [2.24, 2.45) is 0 Å². The van der Waals surface area contributed by atoms with E-state index in [4.69, 9.17) is 0 Å². The topological polar surface area (TPSA) is 4.93 Å². The maximum Gasteiger partial charge on any atom is 0.0619 e. The molecule has 12 aromatic rings. The lowest BCUT2D eigenvalue weighted by molar-refractivity contribution is 0.660. The lowest BCUT2D eigenvalue weighted by atomic mass is 9.82. The molecule has 0 N–H and O–H groups in total. The van der Waals surface area contributed by atoms with Crippen LogP contribution >= 0.6 is 0 Å². The molecule has 0 saturated carbocycles. The Morgan fingerprint density at radius 3 is 1.47 bits per heavy atom. The second kappa shape index (κ2) is 14.0. The van der Waals surface area contributed by atoms with Crippen molar-refractivity contribution in [3.63, 3.8) is 0 Å². The molecule has 11 aromatic carbocycles. The summed E-state index contributed by atoms with van der Waals surface area (Å²) in [6, 6.07) is 83.8. The molecule has 0 radical (unpaired) electrons. The van der Waals surface area contributed by atoms with E-state index in [-0.39, 0.29) is 5.41 Å². The number of hydrogen-bond donors (Lipinski definition) is 0. The predicted molar refractivity (Wildman–Crippen MR) is 273 cm³/mol. The number of hydrogen-bond acceptors (Lipinski definition) is 0. The Balaban J connectivity index is 1.23. The number of nitrogens with zero attached hydrogens (tertiary/aromatic N) is 1. The van der Waals surface area contributed by atoms with E-state index < -0.39 is 0 Å². The fraction of sp³-hybridized carbons (Fsp3) is 0.0476. The lowest BCUT2D eigenvalue weighted by Crippen LogP contribution is -2.15. The van der Waals surface area contributed by atoms with Crippen molar-refractivity contribution >= 4 is 54.0 Å². The molecule has 0 atom stereocenters. The van der Waals surface area contributed by atoms with Crippen LogP contribution in [-0.2, 0) is 5.41 Å². The van der Waals surface area contributed by atoms with Gasteiger partial charge in [0.05, 0.1) is 11.2 Å². The average Bonchev–Trinajstić information content (AvgIpc) is 3.80. The summed E-state index contributed by atoms with van der Waals surface area (Å²) in [5, 5.41) is 11.1. The van der Waals surface area contributed by atoms with Crippen LogP contribution < -0.4 is 0 Å². The maximum atomic E-state index is 2.57. The zero-order valence-corrected chi connectivity index (χ0v) is 35.8. The van der Waals surface area contributed by atoms with Gasteiger partial charge in [-0.2, -0.15) is 0 Å². The number of benzene rings is 11. The first-order chi connectivity index (χ1) is 31.5. The molecule has 0 bridgehead atoms. The second-order valence-corrected chi connectivity index (χ2v) is 18.0. The number of fused-ring (bicyclic) bond motifs is 8. The number of rotatable bonds is 5. The monoisotopic (exact) mass is 813 g/mol. The molecule has 1 aliphatic carbocycles. The summed E-state index contributed by atoms with van der Waals surface area (Å²) >= 11 is 0. The van der Waals surface area contributed by atoms with Gasteiger partial charge in [-0.1, -0.05) is 202 Å². The van der Waals surface area contributed by atoms with E-state index in [1.165, 1.54) is 121 Å². The summed E-state index contributed by atoms with van der Waals surface area (Å²) in [6.45, 7) is 4.76. The maximum absolute atomic E-state index is 2.57. The lowest BCUT2D eigenvalue weighted by Gasteiger charge is -2.23.